The van der Waals surface area contributed by atoms with Crippen LogP contribution in [0.2, 0.25) is 0 Å². The van der Waals surface area contributed by atoms with Gasteiger partial charge in [0.1, 0.15) is 5.82 Å². The maximum Gasteiger partial charge on any atom is 0.255 e. The lowest BCUT2D eigenvalue weighted by Gasteiger charge is -2.32. The third-order valence-corrected chi connectivity index (χ3v) is 4.91. The minimum Gasteiger partial charge on any atom is -0.383 e. The second kappa shape index (κ2) is 9.37. The highest BCUT2D eigenvalue weighted by atomic mass is 16.5. The Morgan fingerprint density at radius 1 is 1.22 bits per heavy atom. The van der Waals surface area contributed by atoms with Gasteiger partial charge in [-0.2, -0.15) is 0 Å². The van der Waals surface area contributed by atoms with Crippen LogP contribution in [0.25, 0.3) is 0 Å². The van der Waals surface area contributed by atoms with Crippen LogP contribution in [-0.4, -0.2) is 44.2 Å². The zero-order valence-corrected chi connectivity index (χ0v) is 16.1. The summed E-state index contributed by atoms with van der Waals surface area (Å²) in [6.45, 7) is 5.74. The van der Waals surface area contributed by atoms with Crippen LogP contribution in [0.4, 0.5) is 17.2 Å². The minimum atomic E-state index is -0.147. The molecule has 0 radical (unpaired) electrons. The Kier molecular flexibility index (Phi) is 6.65. The van der Waals surface area contributed by atoms with Gasteiger partial charge in [0, 0.05) is 49.9 Å². The summed E-state index contributed by atoms with van der Waals surface area (Å²) < 4.78 is 5.01. The summed E-state index contributed by atoms with van der Waals surface area (Å²) in [7, 11) is 1.65. The van der Waals surface area contributed by atoms with E-state index < -0.39 is 0 Å². The van der Waals surface area contributed by atoms with E-state index in [2.05, 4.69) is 39.6 Å². The molecule has 3 rings (SSSR count). The largest absolute Gasteiger partial charge is 0.383 e. The average molecular weight is 368 g/mol. The van der Waals surface area contributed by atoms with Crippen LogP contribution in [0.1, 0.15) is 30.1 Å². The first-order valence-corrected chi connectivity index (χ1v) is 9.51. The molecule has 1 aromatic carbocycles. The molecule has 0 saturated carbocycles. The maximum absolute atomic E-state index is 12.5. The average Bonchev–Trinajstić information content (AvgIpc) is 2.70. The Balaban J connectivity index is 1.58. The lowest BCUT2D eigenvalue weighted by atomic mass is 9.99. The molecular formula is C21H28N4O2. The number of hydrogen-bond acceptors (Lipinski definition) is 5. The highest BCUT2D eigenvalue weighted by Crippen LogP contribution is 2.24. The monoisotopic (exact) mass is 368 g/mol. The molecule has 6 heteroatoms. The molecule has 2 aromatic rings. The van der Waals surface area contributed by atoms with E-state index >= 15 is 0 Å². The molecule has 0 atom stereocenters. The van der Waals surface area contributed by atoms with E-state index in [1.807, 2.05) is 12.1 Å². The van der Waals surface area contributed by atoms with Crippen molar-refractivity contribution in [1.29, 1.82) is 0 Å². The van der Waals surface area contributed by atoms with E-state index in [9.17, 15) is 4.79 Å². The fourth-order valence-corrected chi connectivity index (χ4v) is 3.18. The Labute approximate surface area is 160 Å². The smallest absolute Gasteiger partial charge is 0.255 e. The predicted octanol–water partition coefficient (Wildman–Crippen LogP) is 3.63. The molecule has 144 valence electrons. The molecule has 27 heavy (non-hydrogen) atoms. The first-order chi connectivity index (χ1) is 13.2. The Morgan fingerprint density at radius 2 is 1.96 bits per heavy atom. The third kappa shape index (κ3) is 5.44. The van der Waals surface area contributed by atoms with Gasteiger partial charge in [-0.3, -0.25) is 4.79 Å². The predicted molar refractivity (Wildman–Crippen MR) is 110 cm³/mol. The molecule has 1 aromatic heterocycles. The molecule has 0 aliphatic carbocycles. The minimum absolute atomic E-state index is 0.147. The second-order valence-electron chi connectivity index (χ2n) is 7.02. The molecule has 0 unspecified atom stereocenters. The summed E-state index contributed by atoms with van der Waals surface area (Å²) in [5, 5.41) is 6.08. The number of anilines is 3. The van der Waals surface area contributed by atoms with Crippen molar-refractivity contribution in [3.63, 3.8) is 0 Å². The van der Waals surface area contributed by atoms with Crippen LogP contribution >= 0.6 is 0 Å². The van der Waals surface area contributed by atoms with E-state index in [1.165, 1.54) is 18.5 Å². The number of methoxy groups -OCH3 is 1. The van der Waals surface area contributed by atoms with Gasteiger partial charge in [0.05, 0.1) is 6.61 Å². The van der Waals surface area contributed by atoms with Gasteiger partial charge in [-0.15, -0.1) is 0 Å². The van der Waals surface area contributed by atoms with Gasteiger partial charge in [-0.05, 0) is 55.2 Å². The van der Waals surface area contributed by atoms with Crippen molar-refractivity contribution in [3.05, 3.63) is 48.2 Å². The van der Waals surface area contributed by atoms with E-state index in [4.69, 9.17) is 4.74 Å². The molecule has 2 heterocycles. The first kappa shape index (κ1) is 19.2. The van der Waals surface area contributed by atoms with Crippen LogP contribution in [0, 0.1) is 5.92 Å². The van der Waals surface area contributed by atoms with Crippen LogP contribution < -0.4 is 15.5 Å². The molecule has 6 nitrogen and oxygen atoms in total. The van der Waals surface area contributed by atoms with Gasteiger partial charge in [-0.25, -0.2) is 4.98 Å². The van der Waals surface area contributed by atoms with Gasteiger partial charge in [-0.1, -0.05) is 6.92 Å². The van der Waals surface area contributed by atoms with Crippen molar-refractivity contribution < 1.29 is 9.53 Å². The zero-order valence-electron chi connectivity index (χ0n) is 16.1. The number of ether oxygens (including phenoxy) is 1. The highest BCUT2D eigenvalue weighted by molar-refractivity contribution is 6.04. The molecule has 1 fully saturated rings. The van der Waals surface area contributed by atoms with Crippen LogP contribution in [0.15, 0.2) is 42.6 Å². The molecule has 1 aliphatic heterocycles. The van der Waals surface area contributed by atoms with Crippen molar-refractivity contribution in [2.75, 3.05) is 48.9 Å². The summed E-state index contributed by atoms with van der Waals surface area (Å²) in [6, 6.07) is 11.5. The van der Waals surface area contributed by atoms with Crippen LogP contribution in [-0.2, 0) is 4.74 Å². The number of rotatable bonds is 7. The van der Waals surface area contributed by atoms with Crippen LogP contribution in [0.3, 0.4) is 0 Å². The first-order valence-electron chi connectivity index (χ1n) is 9.51. The number of piperidine rings is 1. The Bertz CT molecular complexity index is 740. The standard InChI is InChI=1S/C21H28N4O2/c1-16-8-12-25(13-9-16)19-5-3-18(4-6-19)24-21(26)17-7-10-22-20(15-17)23-11-14-27-2/h3-7,10,15-16H,8-9,11-14H2,1-2H3,(H,22,23)(H,24,26). The summed E-state index contributed by atoms with van der Waals surface area (Å²) >= 11 is 0. The van der Waals surface area contributed by atoms with Crippen molar-refractivity contribution >= 4 is 23.1 Å². The van der Waals surface area contributed by atoms with E-state index in [1.54, 1.807) is 25.4 Å². The lowest BCUT2D eigenvalue weighted by molar-refractivity contribution is 0.102. The van der Waals surface area contributed by atoms with Crippen LogP contribution in [0.5, 0.6) is 0 Å². The van der Waals surface area contributed by atoms with Gasteiger partial charge < -0.3 is 20.3 Å². The molecule has 0 bridgehead atoms. The van der Waals surface area contributed by atoms with E-state index in [0.29, 0.717) is 24.5 Å². The normalized spacial score (nSPS) is 14.8. The van der Waals surface area contributed by atoms with Gasteiger partial charge in [0.2, 0.25) is 0 Å². The second-order valence-corrected chi connectivity index (χ2v) is 7.02. The Morgan fingerprint density at radius 3 is 2.67 bits per heavy atom. The van der Waals surface area contributed by atoms with E-state index in [-0.39, 0.29) is 5.91 Å². The van der Waals surface area contributed by atoms with E-state index in [0.717, 1.165) is 24.7 Å². The third-order valence-electron chi connectivity index (χ3n) is 4.91. The van der Waals surface area contributed by atoms with Gasteiger partial charge in [0.25, 0.3) is 5.91 Å². The number of nitrogens with zero attached hydrogens (tertiary/aromatic N) is 2. The highest BCUT2D eigenvalue weighted by Gasteiger charge is 2.16. The summed E-state index contributed by atoms with van der Waals surface area (Å²) in [5.41, 5.74) is 2.58. The van der Waals surface area contributed by atoms with Gasteiger partial charge in [0.15, 0.2) is 0 Å². The van der Waals surface area contributed by atoms with Crippen molar-refractivity contribution in [2.45, 2.75) is 19.8 Å². The summed E-state index contributed by atoms with van der Waals surface area (Å²) in [6.07, 6.45) is 4.10. The number of carbonyl (C=O) groups excluding carboxylic acids is 1. The lowest BCUT2D eigenvalue weighted by Crippen LogP contribution is -2.32. The topological polar surface area (TPSA) is 66.5 Å². The molecule has 2 N–H and O–H groups in total. The van der Waals surface area contributed by atoms with Crippen molar-refractivity contribution in [2.24, 2.45) is 5.92 Å². The fourth-order valence-electron chi connectivity index (χ4n) is 3.18. The fraction of sp³-hybridized carbons (Fsp3) is 0.429. The molecule has 1 aliphatic rings. The number of pyridine rings is 1. The molecule has 1 amide bonds. The van der Waals surface area contributed by atoms with Crippen molar-refractivity contribution in [3.8, 4) is 0 Å². The molecular weight excluding hydrogens is 340 g/mol. The molecule has 0 spiro atoms. The SMILES string of the molecule is COCCNc1cc(C(=O)Nc2ccc(N3CCC(C)CC3)cc2)ccn1. The summed E-state index contributed by atoms with van der Waals surface area (Å²) in [4.78, 5) is 19.1. The van der Waals surface area contributed by atoms with Crippen molar-refractivity contribution in [1.82, 2.24) is 4.98 Å². The number of benzene rings is 1. The maximum atomic E-state index is 12.5. The quantitative estimate of drug-likeness (QED) is 0.731. The van der Waals surface area contributed by atoms with Gasteiger partial charge >= 0.3 is 0 Å². The number of carbonyl (C=O) groups is 1. The molecule has 1 saturated heterocycles. The number of aromatic nitrogens is 1. The number of amides is 1. The Hall–Kier alpha value is -2.60. The summed E-state index contributed by atoms with van der Waals surface area (Å²) in [5.74, 6) is 1.33. The zero-order chi connectivity index (χ0) is 19.1. The number of nitrogens with one attached hydrogen (secondary N) is 2. The number of hydrogen-bond donors (Lipinski definition) is 2.